The molecule has 0 saturated carbocycles. The molecule has 0 aliphatic rings. The summed E-state index contributed by atoms with van der Waals surface area (Å²) in [4.78, 5) is 43.7. The highest BCUT2D eigenvalue weighted by Crippen LogP contribution is 2.01. The van der Waals surface area contributed by atoms with Gasteiger partial charge in [-0.2, -0.15) is 0 Å². The number of ether oxygens (including phenoxy) is 11. The Hall–Kier alpha value is -2.52. The first-order valence-corrected chi connectivity index (χ1v) is 17.5. The molecule has 0 fully saturated rings. The maximum absolute atomic E-state index is 11.5. The van der Waals surface area contributed by atoms with Crippen LogP contribution in [0.5, 0.6) is 0 Å². The molecular formula is C33H61NO17. The van der Waals surface area contributed by atoms with Crippen molar-refractivity contribution in [3.05, 3.63) is 0 Å². The van der Waals surface area contributed by atoms with Crippen LogP contribution in [0, 0.1) is 0 Å². The SMILES string of the molecule is O=C(O)CCCCC(=O)OCCOCCOCCOCCOCCOCCOCCOCCOCCOCCOCCCNC(=O)CCC(=O)O. The first kappa shape index (κ1) is 48.5. The zero-order valence-electron chi connectivity index (χ0n) is 30.0. The Labute approximate surface area is 300 Å². The van der Waals surface area contributed by atoms with E-state index in [2.05, 4.69) is 5.32 Å². The minimum atomic E-state index is -0.989. The van der Waals surface area contributed by atoms with E-state index in [4.69, 9.17) is 62.3 Å². The van der Waals surface area contributed by atoms with Gasteiger partial charge in [-0.15, -0.1) is 0 Å². The third-order valence-corrected chi connectivity index (χ3v) is 6.21. The molecule has 0 rings (SSSR count). The first-order chi connectivity index (χ1) is 24.9. The molecule has 18 nitrogen and oxygen atoms in total. The monoisotopic (exact) mass is 743 g/mol. The molecule has 0 unspecified atom stereocenters. The van der Waals surface area contributed by atoms with E-state index in [-0.39, 0.29) is 50.8 Å². The lowest BCUT2D eigenvalue weighted by Crippen LogP contribution is -2.25. The topological polar surface area (TPSA) is 222 Å². The van der Waals surface area contributed by atoms with Crippen molar-refractivity contribution in [2.45, 2.75) is 44.9 Å². The molecule has 0 radical (unpaired) electrons. The highest BCUT2D eigenvalue weighted by molar-refractivity contribution is 5.80. The smallest absolute Gasteiger partial charge is 0.305 e. The normalized spacial score (nSPS) is 11.1. The van der Waals surface area contributed by atoms with Crippen LogP contribution in [0.25, 0.3) is 0 Å². The Morgan fingerprint density at radius 1 is 0.353 bits per heavy atom. The molecule has 0 saturated heterocycles. The highest BCUT2D eigenvalue weighted by atomic mass is 16.6. The minimum absolute atomic E-state index is 0.0176. The van der Waals surface area contributed by atoms with E-state index in [0.29, 0.717) is 151 Å². The Morgan fingerprint density at radius 3 is 1.02 bits per heavy atom. The predicted molar refractivity (Wildman–Crippen MR) is 180 cm³/mol. The molecule has 0 spiro atoms. The summed E-state index contributed by atoms with van der Waals surface area (Å²) in [7, 11) is 0. The summed E-state index contributed by atoms with van der Waals surface area (Å²) in [5.41, 5.74) is 0. The fourth-order valence-corrected chi connectivity index (χ4v) is 3.62. The van der Waals surface area contributed by atoms with Gasteiger partial charge in [0.1, 0.15) is 6.61 Å². The lowest BCUT2D eigenvalue weighted by atomic mass is 10.2. The quantitative estimate of drug-likeness (QED) is 0.0579. The Morgan fingerprint density at radius 2 is 0.667 bits per heavy atom. The zero-order valence-corrected chi connectivity index (χ0v) is 30.0. The van der Waals surface area contributed by atoms with Crippen LogP contribution >= 0.6 is 0 Å². The maximum atomic E-state index is 11.5. The predicted octanol–water partition coefficient (Wildman–Crippen LogP) is 0.712. The van der Waals surface area contributed by atoms with Gasteiger partial charge in [0.2, 0.25) is 5.91 Å². The molecule has 0 aliphatic heterocycles. The molecule has 0 aromatic heterocycles. The number of nitrogens with one attached hydrogen (secondary N) is 1. The molecule has 3 N–H and O–H groups in total. The highest BCUT2D eigenvalue weighted by Gasteiger charge is 2.05. The van der Waals surface area contributed by atoms with Crippen LogP contribution in [0.15, 0.2) is 0 Å². The Kier molecular flexibility index (Phi) is 38.3. The van der Waals surface area contributed by atoms with Crippen LogP contribution in [-0.2, 0) is 71.3 Å². The molecule has 0 aromatic carbocycles. The number of aliphatic carboxylic acids is 2. The van der Waals surface area contributed by atoms with Gasteiger partial charge < -0.3 is 67.6 Å². The summed E-state index contributed by atoms with van der Waals surface area (Å²) in [6, 6.07) is 0. The fourth-order valence-electron chi connectivity index (χ4n) is 3.62. The van der Waals surface area contributed by atoms with Crippen molar-refractivity contribution in [3.8, 4) is 0 Å². The fraction of sp³-hybridized carbons (Fsp3) is 0.879. The number of carbonyl (C=O) groups is 4. The minimum Gasteiger partial charge on any atom is -0.481 e. The summed E-state index contributed by atoms with van der Waals surface area (Å²) >= 11 is 0. The summed E-state index contributed by atoms with van der Waals surface area (Å²) in [6.45, 7) is 9.39. The molecule has 0 heterocycles. The van der Waals surface area contributed by atoms with Gasteiger partial charge >= 0.3 is 17.9 Å². The van der Waals surface area contributed by atoms with Gasteiger partial charge in [0.25, 0.3) is 0 Å². The molecule has 0 aromatic rings. The van der Waals surface area contributed by atoms with Crippen molar-refractivity contribution >= 4 is 23.8 Å². The van der Waals surface area contributed by atoms with E-state index in [1.165, 1.54) is 0 Å². The van der Waals surface area contributed by atoms with Gasteiger partial charge in [0.15, 0.2) is 0 Å². The van der Waals surface area contributed by atoms with Crippen LogP contribution < -0.4 is 5.32 Å². The molecule has 18 heteroatoms. The van der Waals surface area contributed by atoms with Crippen LogP contribution in [0.2, 0.25) is 0 Å². The molecule has 0 aliphatic carbocycles. The van der Waals surface area contributed by atoms with Gasteiger partial charge in [-0.05, 0) is 19.3 Å². The van der Waals surface area contributed by atoms with E-state index < -0.39 is 11.9 Å². The lowest BCUT2D eigenvalue weighted by Gasteiger charge is -2.09. The summed E-state index contributed by atoms with van der Waals surface area (Å²) in [6.07, 6.45) is 1.66. The van der Waals surface area contributed by atoms with Gasteiger partial charge in [-0.3, -0.25) is 19.2 Å². The summed E-state index contributed by atoms with van der Waals surface area (Å²) < 4.78 is 59.2. The second-order valence-electron chi connectivity index (χ2n) is 10.5. The number of hydrogen-bond acceptors (Lipinski definition) is 15. The average molecular weight is 744 g/mol. The third kappa shape index (κ3) is 43.6. The first-order valence-electron chi connectivity index (χ1n) is 17.5. The second-order valence-corrected chi connectivity index (χ2v) is 10.5. The average Bonchev–Trinajstić information content (AvgIpc) is 3.10. The number of rotatable bonds is 42. The van der Waals surface area contributed by atoms with Crippen molar-refractivity contribution < 1.29 is 81.5 Å². The summed E-state index contributed by atoms with van der Waals surface area (Å²) in [5.74, 6) is -2.49. The van der Waals surface area contributed by atoms with E-state index in [1.54, 1.807) is 0 Å². The number of amides is 1. The Balaban J connectivity index is 3.13. The maximum Gasteiger partial charge on any atom is 0.305 e. The molecule has 1 amide bonds. The second kappa shape index (κ2) is 40.3. The van der Waals surface area contributed by atoms with Crippen molar-refractivity contribution in [2.24, 2.45) is 0 Å². The van der Waals surface area contributed by atoms with E-state index in [9.17, 15) is 19.2 Å². The molecular weight excluding hydrogens is 682 g/mol. The number of carboxylic acid groups (broad SMARTS) is 2. The van der Waals surface area contributed by atoms with Gasteiger partial charge in [0.05, 0.1) is 132 Å². The molecule has 0 bridgehead atoms. The number of esters is 1. The van der Waals surface area contributed by atoms with Crippen molar-refractivity contribution in [3.63, 3.8) is 0 Å². The molecule has 300 valence electrons. The van der Waals surface area contributed by atoms with Crippen LogP contribution in [0.4, 0.5) is 0 Å². The van der Waals surface area contributed by atoms with Gasteiger partial charge in [-0.1, -0.05) is 0 Å². The number of carboxylic acids is 2. The zero-order chi connectivity index (χ0) is 37.3. The number of unbranched alkanes of at least 4 members (excludes halogenated alkanes) is 1. The van der Waals surface area contributed by atoms with Crippen LogP contribution in [0.3, 0.4) is 0 Å². The van der Waals surface area contributed by atoms with Crippen LogP contribution in [-0.4, -0.2) is 179 Å². The number of hydrogen-bond donors (Lipinski definition) is 3. The molecule has 0 atom stereocenters. The summed E-state index contributed by atoms with van der Waals surface area (Å²) in [5, 5.41) is 19.7. The largest absolute Gasteiger partial charge is 0.481 e. The lowest BCUT2D eigenvalue weighted by molar-refractivity contribution is -0.146. The molecule has 51 heavy (non-hydrogen) atoms. The van der Waals surface area contributed by atoms with Crippen molar-refractivity contribution in [1.29, 1.82) is 0 Å². The van der Waals surface area contributed by atoms with Crippen molar-refractivity contribution in [2.75, 3.05) is 145 Å². The van der Waals surface area contributed by atoms with E-state index in [0.717, 1.165) is 0 Å². The third-order valence-electron chi connectivity index (χ3n) is 6.21. The van der Waals surface area contributed by atoms with E-state index in [1.807, 2.05) is 0 Å². The number of carbonyl (C=O) groups excluding carboxylic acids is 2. The van der Waals surface area contributed by atoms with Gasteiger partial charge in [-0.25, -0.2) is 0 Å². The Bertz CT molecular complexity index is 820. The van der Waals surface area contributed by atoms with E-state index >= 15 is 0 Å². The van der Waals surface area contributed by atoms with Gasteiger partial charge in [0, 0.05) is 32.4 Å². The van der Waals surface area contributed by atoms with Crippen molar-refractivity contribution in [1.82, 2.24) is 5.32 Å². The standard InChI is InChI=1S/C33H61NO17/c35-30(6-7-32(38)39)34-8-3-9-41-10-11-42-12-13-43-14-15-44-16-17-45-18-19-46-20-21-47-22-23-48-24-25-49-26-27-50-28-29-51-33(40)5-2-1-4-31(36)37/h1-29H2,(H,34,35)(H,36,37)(H,38,39). The van der Waals surface area contributed by atoms with Crippen LogP contribution in [0.1, 0.15) is 44.9 Å².